The lowest BCUT2D eigenvalue weighted by atomic mass is 10.0. The van der Waals surface area contributed by atoms with E-state index in [4.69, 9.17) is 0 Å². The first-order chi connectivity index (χ1) is 15.7. The number of benzene rings is 2. The van der Waals surface area contributed by atoms with Crippen LogP contribution in [0, 0.1) is 5.92 Å². The Balaban J connectivity index is 1.43. The van der Waals surface area contributed by atoms with Gasteiger partial charge < -0.3 is 0 Å². The number of hydrogen-bond donors (Lipinski definition) is 1. The fraction of sp³-hybridized carbons (Fsp3) is 0.360. The van der Waals surface area contributed by atoms with E-state index in [0.29, 0.717) is 35.6 Å². The minimum absolute atomic E-state index is 0.217. The largest absolute Gasteiger partial charge is 0.298 e. The standard InChI is InChI=1S/C25H29N3O3S2/c1-17(2)19-6-8-20(9-7-19)23-16-32-25(26-23)27-24(29)21-10-12-22(13-11-21)33(30,31)28-14-4-5-18(3)15-28/h6-13,16-18H,4-5,14-15H2,1-3H3,(H,26,27,29). The van der Waals surface area contributed by atoms with Crippen molar-refractivity contribution >= 4 is 32.4 Å². The van der Waals surface area contributed by atoms with Gasteiger partial charge in [0.2, 0.25) is 10.0 Å². The van der Waals surface area contributed by atoms with E-state index in [-0.39, 0.29) is 10.8 Å². The number of nitrogens with zero attached hydrogens (tertiary/aromatic N) is 2. The van der Waals surface area contributed by atoms with Gasteiger partial charge in [-0.15, -0.1) is 11.3 Å². The second-order valence-electron chi connectivity index (χ2n) is 8.90. The molecule has 1 unspecified atom stereocenters. The molecule has 0 spiro atoms. The second-order valence-corrected chi connectivity index (χ2v) is 11.7. The summed E-state index contributed by atoms with van der Waals surface area (Å²) in [5.41, 5.74) is 3.46. The van der Waals surface area contributed by atoms with E-state index in [0.717, 1.165) is 24.1 Å². The van der Waals surface area contributed by atoms with Crippen molar-refractivity contribution in [2.24, 2.45) is 5.92 Å². The molecule has 2 aromatic carbocycles. The Bertz CT molecular complexity index is 1220. The number of sulfonamides is 1. The Kier molecular flexibility index (Phi) is 6.97. The highest BCUT2D eigenvalue weighted by Gasteiger charge is 2.28. The molecule has 1 fully saturated rings. The van der Waals surface area contributed by atoms with Crippen LogP contribution >= 0.6 is 11.3 Å². The van der Waals surface area contributed by atoms with Gasteiger partial charge >= 0.3 is 0 Å². The summed E-state index contributed by atoms with van der Waals surface area (Å²) in [5, 5.41) is 5.23. The van der Waals surface area contributed by atoms with Gasteiger partial charge in [-0.3, -0.25) is 10.1 Å². The van der Waals surface area contributed by atoms with Crippen LogP contribution in [-0.2, 0) is 10.0 Å². The van der Waals surface area contributed by atoms with Crippen LogP contribution in [0.4, 0.5) is 5.13 Å². The number of amides is 1. The van der Waals surface area contributed by atoms with Gasteiger partial charge in [0.25, 0.3) is 5.91 Å². The molecule has 1 aliphatic heterocycles. The highest BCUT2D eigenvalue weighted by molar-refractivity contribution is 7.89. The molecule has 6 nitrogen and oxygen atoms in total. The summed E-state index contributed by atoms with van der Waals surface area (Å²) >= 11 is 1.36. The lowest BCUT2D eigenvalue weighted by Crippen LogP contribution is -2.39. The van der Waals surface area contributed by atoms with E-state index < -0.39 is 10.0 Å². The molecule has 0 aliphatic carbocycles. The van der Waals surface area contributed by atoms with E-state index in [1.807, 2.05) is 17.5 Å². The summed E-state index contributed by atoms with van der Waals surface area (Å²) in [6.07, 6.45) is 1.92. The van der Waals surface area contributed by atoms with Gasteiger partial charge in [-0.1, -0.05) is 45.0 Å². The number of rotatable bonds is 6. The molecule has 0 radical (unpaired) electrons. The maximum Gasteiger partial charge on any atom is 0.257 e. The summed E-state index contributed by atoms with van der Waals surface area (Å²) in [6.45, 7) is 7.46. The lowest BCUT2D eigenvalue weighted by molar-refractivity contribution is 0.102. The van der Waals surface area contributed by atoms with Gasteiger partial charge in [0, 0.05) is 29.6 Å². The topological polar surface area (TPSA) is 79.4 Å². The van der Waals surface area contributed by atoms with Crippen molar-refractivity contribution in [1.29, 1.82) is 0 Å². The fourth-order valence-electron chi connectivity index (χ4n) is 3.96. The number of carbonyl (C=O) groups excluding carboxylic acids is 1. The lowest BCUT2D eigenvalue weighted by Gasteiger charge is -2.30. The monoisotopic (exact) mass is 483 g/mol. The van der Waals surface area contributed by atoms with Crippen LogP contribution in [0.15, 0.2) is 58.8 Å². The van der Waals surface area contributed by atoms with Gasteiger partial charge in [0.15, 0.2) is 5.13 Å². The third-order valence-electron chi connectivity index (χ3n) is 5.97. The smallest absolute Gasteiger partial charge is 0.257 e. The van der Waals surface area contributed by atoms with Crippen molar-refractivity contribution in [3.8, 4) is 11.3 Å². The van der Waals surface area contributed by atoms with Crippen LogP contribution in [0.5, 0.6) is 0 Å². The Morgan fingerprint density at radius 1 is 1.12 bits per heavy atom. The van der Waals surface area contributed by atoms with Crippen molar-refractivity contribution in [2.75, 3.05) is 18.4 Å². The van der Waals surface area contributed by atoms with Crippen LogP contribution in [0.3, 0.4) is 0 Å². The summed E-state index contributed by atoms with van der Waals surface area (Å²) < 4.78 is 27.4. The normalized spacial score (nSPS) is 17.3. The average molecular weight is 484 g/mol. The predicted octanol–water partition coefficient (Wildman–Crippen LogP) is 5.61. The van der Waals surface area contributed by atoms with Gasteiger partial charge in [-0.05, 0) is 54.5 Å². The third-order valence-corrected chi connectivity index (χ3v) is 8.61. The highest BCUT2D eigenvalue weighted by atomic mass is 32.2. The van der Waals surface area contributed by atoms with E-state index >= 15 is 0 Å². The van der Waals surface area contributed by atoms with Crippen LogP contribution in [0.2, 0.25) is 0 Å². The molecular formula is C25H29N3O3S2. The SMILES string of the molecule is CC1CCCN(S(=O)(=O)c2ccc(C(=O)Nc3nc(-c4ccc(C(C)C)cc4)cs3)cc2)C1. The van der Waals surface area contributed by atoms with Crippen molar-refractivity contribution in [3.05, 3.63) is 65.0 Å². The fourth-order valence-corrected chi connectivity index (χ4v) is 6.28. The Hall–Kier alpha value is -2.55. The first kappa shape index (κ1) is 23.6. The van der Waals surface area contributed by atoms with Crippen LogP contribution in [-0.4, -0.2) is 36.7 Å². The van der Waals surface area contributed by atoms with Gasteiger partial charge in [0.1, 0.15) is 0 Å². The van der Waals surface area contributed by atoms with E-state index in [9.17, 15) is 13.2 Å². The molecule has 1 amide bonds. The van der Waals surface area contributed by atoms with Crippen LogP contribution in [0.1, 0.15) is 55.5 Å². The molecule has 33 heavy (non-hydrogen) atoms. The number of piperidine rings is 1. The predicted molar refractivity (Wildman–Crippen MR) is 133 cm³/mol. The molecule has 2 heterocycles. The minimum atomic E-state index is -3.54. The van der Waals surface area contributed by atoms with Gasteiger partial charge in [-0.2, -0.15) is 4.31 Å². The van der Waals surface area contributed by atoms with Crippen molar-refractivity contribution in [1.82, 2.24) is 9.29 Å². The Morgan fingerprint density at radius 3 is 2.45 bits per heavy atom. The zero-order valence-corrected chi connectivity index (χ0v) is 20.7. The van der Waals surface area contributed by atoms with Gasteiger partial charge in [0.05, 0.1) is 10.6 Å². The summed E-state index contributed by atoms with van der Waals surface area (Å²) in [5.74, 6) is 0.505. The number of nitrogens with one attached hydrogen (secondary N) is 1. The molecule has 4 rings (SSSR count). The first-order valence-corrected chi connectivity index (χ1v) is 13.5. The third kappa shape index (κ3) is 5.34. The number of carbonyl (C=O) groups is 1. The number of hydrogen-bond acceptors (Lipinski definition) is 5. The molecular weight excluding hydrogens is 454 g/mol. The van der Waals surface area contributed by atoms with E-state index in [1.54, 1.807) is 16.4 Å². The van der Waals surface area contributed by atoms with Crippen molar-refractivity contribution in [2.45, 2.75) is 44.4 Å². The van der Waals surface area contributed by atoms with Crippen LogP contribution in [0.25, 0.3) is 11.3 Å². The summed E-state index contributed by atoms with van der Waals surface area (Å²) in [6, 6.07) is 14.4. The molecule has 0 bridgehead atoms. The van der Waals surface area contributed by atoms with Crippen LogP contribution < -0.4 is 5.32 Å². The molecule has 1 aliphatic rings. The molecule has 0 saturated carbocycles. The average Bonchev–Trinajstić information content (AvgIpc) is 3.27. The molecule has 3 aromatic rings. The molecule has 8 heteroatoms. The molecule has 1 atom stereocenters. The summed E-state index contributed by atoms with van der Waals surface area (Å²) in [7, 11) is -3.54. The summed E-state index contributed by atoms with van der Waals surface area (Å²) in [4.78, 5) is 17.4. The molecule has 1 N–H and O–H groups in total. The Labute approximate surface area is 199 Å². The maximum atomic E-state index is 12.9. The zero-order chi connectivity index (χ0) is 23.6. The minimum Gasteiger partial charge on any atom is -0.298 e. The Morgan fingerprint density at radius 2 is 1.82 bits per heavy atom. The zero-order valence-electron chi connectivity index (χ0n) is 19.1. The number of anilines is 1. The molecule has 174 valence electrons. The molecule has 1 saturated heterocycles. The quantitative estimate of drug-likeness (QED) is 0.494. The second kappa shape index (κ2) is 9.75. The number of aromatic nitrogens is 1. The van der Waals surface area contributed by atoms with Crippen molar-refractivity contribution < 1.29 is 13.2 Å². The van der Waals surface area contributed by atoms with E-state index in [2.05, 4.69) is 43.2 Å². The van der Waals surface area contributed by atoms with Crippen molar-refractivity contribution in [3.63, 3.8) is 0 Å². The molecule has 1 aromatic heterocycles. The first-order valence-electron chi connectivity index (χ1n) is 11.2. The maximum absolute atomic E-state index is 12.9. The highest BCUT2D eigenvalue weighted by Crippen LogP contribution is 2.27. The van der Waals surface area contributed by atoms with E-state index in [1.165, 1.54) is 29.0 Å². The number of thiazole rings is 1. The van der Waals surface area contributed by atoms with Gasteiger partial charge in [-0.25, -0.2) is 13.4 Å².